The van der Waals surface area contributed by atoms with Gasteiger partial charge in [0.15, 0.2) is 0 Å². The number of rotatable bonds is 6. The Morgan fingerprint density at radius 2 is 1.53 bits per heavy atom. The van der Waals surface area contributed by atoms with Crippen LogP contribution in [-0.2, 0) is 6.42 Å². The molecular formula is C19H22. The fourth-order valence-electron chi connectivity index (χ4n) is 2.25. The van der Waals surface area contributed by atoms with Crippen LogP contribution in [-0.4, -0.2) is 0 Å². The molecule has 98 valence electrons. The SMILES string of the molecule is C=C(CCCC)Cc1ccc(-c2ccccc2)cc1. The summed E-state index contributed by atoms with van der Waals surface area (Å²) in [7, 11) is 0. The summed E-state index contributed by atoms with van der Waals surface area (Å²) in [4.78, 5) is 0. The van der Waals surface area contributed by atoms with Crippen LogP contribution in [0.1, 0.15) is 31.7 Å². The first-order chi connectivity index (χ1) is 9.29. The number of allylic oxidation sites excluding steroid dienone is 1. The minimum absolute atomic E-state index is 1.01. The van der Waals surface area contributed by atoms with Crippen molar-refractivity contribution in [2.24, 2.45) is 0 Å². The largest absolute Gasteiger partial charge is 0.0995 e. The lowest BCUT2D eigenvalue weighted by Crippen LogP contribution is -1.90. The van der Waals surface area contributed by atoms with Gasteiger partial charge in [-0.1, -0.05) is 80.1 Å². The van der Waals surface area contributed by atoms with Gasteiger partial charge in [-0.05, 0) is 36.0 Å². The molecule has 0 N–H and O–H groups in total. The molecule has 0 aliphatic rings. The second kappa shape index (κ2) is 6.94. The van der Waals surface area contributed by atoms with Crippen LogP contribution in [0.2, 0.25) is 0 Å². The molecule has 0 nitrogen and oxygen atoms in total. The van der Waals surface area contributed by atoms with E-state index in [4.69, 9.17) is 0 Å². The van der Waals surface area contributed by atoms with E-state index in [2.05, 4.69) is 68.1 Å². The minimum Gasteiger partial charge on any atom is -0.0995 e. The van der Waals surface area contributed by atoms with Crippen molar-refractivity contribution in [1.82, 2.24) is 0 Å². The summed E-state index contributed by atoms with van der Waals surface area (Å²) in [5, 5.41) is 0. The summed E-state index contributed by atoms with van der Waals surface area (Å²) >= 11 is 0. The highest BCUT2D eigenvalue weighted by atomic mass is 14.0. The van der Waals surface area contributed by atoms with Crippen LogP contribution in [0.5, 0.6) is 0 Å². The maximum absolute atomic E-state index is 4.17. The maximum Gasteiger partial charge on any atom is -0.00698 e. The van der Waals surface area contributed by atoms with Gasteiger partial charge in [-0.25, -0.2) is 0 Å². The molecule has 0 saturated carbocycles. The summed E-state index contributed by atoms with van der Waals surface area (Å²) in [5.41, 5.74) is 5.26. The average Bonchev–Trinajstić information content (AvgIpc) is 2.47. The molecule has 0 fully saturated rings. The lowest BCUT2D eigenvalue weighted by atomic mass is 9.99. The summed E-state index contributed by atoms with van der Waals surface area (Å²) < 4.78 is 0. The van der Waals surface area contributed by atoms with Crippen molar-refractivity contribution in [1.29, 1.82) is 0 Å². The van der Waals surface area contributed by atoms with Crippen LogP contribution in [0.25, 0.3) is 11.1 Å². The van der Waals surface area contributed by atoms with E-state index in [9.17, 15) is 0 Å². The van der Waals surface area contributed by atoms with Gasteiger partial charge in [-0.2, -0.15) is 0 Å². The zero-order chi connectivity index (χ0) is 13.5. The van der Waals surface area contributed by atoms with Crippen molar-refractivity contribution in [2.45, 2.75) is 32.6 Å². The van der Waals surface area contributed by atoms with Crippen LogP contribution >= 0.6 is 0 Å². The average molecular weight is 250 g/mol. The Labute approximate surface area is 116 Å². The smallest absolute Gasteiger partial charge is 0.00698 e. The van der Waals surface area contributed by atoms with Crippen molar-refractivity contribution in [3.05, 3.63) is 72.3 Å². The normalized spacial score (nSPS) is 10.4. The van der Waals surface area contributed by atoms with Gasteiger partial charge in [0.05, 0.1) is 0 Å². The molecule has 0 heteroatoms. The van der Waals surface area contributed by atoms with Crippen molar-refractivity contribution >= 4 is 0 Å². The number of unbranched alkanes of at least 4 members (excludes halogenated alkanes) is 1. The summed E-state index contributed by atoms with van der Waals surface area (Å²) in [6, 6.07) is 19.4. The first kappa shape index (κ1) is 13.6. The molecule has 2 aromatic carbocycles. The molecule has 2 aromatic rings. The molecule has 0 heterocycles. The Kier molecular flexibility index (Phi) is 4.97. The Hall–Kier alpha value is -1.82. The van der Waals surface area contributed by atoms with Gasteiger partial charge >= 0.3 is 0 Å². The highest BCUT2D eigenvalue weighted by molar-refractivity contribution is 5.63. The monoisotopic (exact) mass is 250 g/mol. The molecule has 0 unspecified atom stereocenters. The van der Waals surface area contributed by atoms with Crippen LogP contribution in [0.3, 0.4) is 0 Å². The second-order valence-electron chi connectivity index (χ2n) is 5.09. The van der Waals surface area contributed by atoms with Crippen LogP contribution in [0.15, 0.2) is 66.7 Å². The molecule has 19 heavy (non-hydrogen) atoms. The van der Waals surface area contributed by atoms with Gasteiger partial charge in [0, 0.05) is 0 Å². The minimum atomic E-state index is 1.01. The van der Waals surface area contributed by atoms with E-state index in [0.717, 1.165) is 12.8 Å². The van der Waals surface area contributed by atoms with Crippen molar-refractivity contribution in [2.75, 3.05) is 0 Å². The summed E-state index contributed by atoms with van der Waals surface area (Å²) in [6.07, 6.45) is 4.65. The topological polar surface area (TPSA) is 0 Å². The molecule has 0 radical (unpaired) electrons. The van der Waals surface area contributed by atoms with E-state index in [-0.39, 0.29) is 0 Å². The van der Waals surface area contributed by atoms with Crippen molar-refractivity contribution in [3.63, 3.8) is 0 Å². The standard InChI is InChI=1S/C19H22/c1-3-4-8-16(2)15-17-11-13-19(14-12-17)18-9-6-5-7-10-18/h5-7,9-14H,2-4,8,15H2,1H3. The Balaban J connectivity index is 2.01. The fraction of sp³-hybridized carbons (Fsp3) is 0.263. The van der Waals surface area contributed by atoms with E-state index in [0.29, 0.717) is 0 Å². The third-order valence-corrected chi connectivity index (χ3v) is 3.40. The van der Waals surface area contributed by atoms with Crippen molar-refractivity contribution < 1.29 is 0 Å². The van der Waals surface area contributed by atoms with E-state index < -0.39 is 0 Å². The Morgan fingerprint density at radius 1 is 0.895 bits per heavy atom. The third kappa shape index (κ3) is 4.10. The number of hydrogen-bond donors (Lipinski definition) is 0. The fourth-order valence-corrected chi connectivity index (χ4v) is 2.25. The molecule has 0 saturated heterocycles. The van der Waals surface area contributed by atoms with Gasteiger partial charge in [0.2, 0.25) is 0 Å². The predicted molar refractivity (Wildman–Crippen MR) is 84.2 cm³/mol. The van der Waals surface area contributed by atoms with Gasteiger partial charge in [-0.3, -0.25) is 0 Å². The van der Waals surface area contributed by atoms with E-state index in [1.54, 1.807) is 0 Å². The van der Waals surface area contributed by atoms with E-state index >= 15 is 0 Å². The summed E-state index contributed by atoms with van der Waals surface area (Å²) in [6.45, 7) is 6.39. The van der Waals surface area contributed by atoms with Crippen LogP contribution < -0.4 is 0 Å². The van der Waals surface area contributed by atoms with E-state index in [1.165, 1.54) is 35.1 Å². The van der Waals surface area contributed by atoms with Gasteiger partial charge in [0.25, 0.3) is 0 Å². The van der Waals surface area contributed by atoms with E-state index in [1.807, 2.05) is 0 Å². The molecule has 0 amide bonds. The second-order valence-corrected chi connectivity index (χ2v) is 5.09. The lowest BCUT2D eigenvalue weighted by molar-refractivity contribution is 0.774. The molecule has 2 rings (SSSR count). The first-order valence-corrected chi connectivity index (χ1v) is 7.10. The molecule has 0 aliphatic heterocycles. The molecule has 0 atom stereocenters. The quantitative estimate of drug-likeness (QED) is 0.582. The Bertz CT molecular complexity index is 505. The highest BCUT2D eigenvalue weighted by Crippen LogP contribution is 2.20. The molecule has 0 bridgehead atoms. The summed E-state index contributed by atoms with van der Waals surface area (Å²) in [5.74, 6) is 0. The van der Waals surface area contributed by atoms with Gasteiger partial charge in [-0.15, -0.1) is 0 Å². The third-order valence-electron chi connectivity index (χ3n) is 3.40. The highest BCUT2D eigenvalue weighted by Gasteiger charge is 2.00. The molecule has 0 aliphatic carbocycles. The van der Waals surface area contributed by atoms with Gasteiger partial charge in [0.1, 0.15) is 0 Å². The maximum atomic E-state index is 4.17. The first-order valence-electron chi connectivity index (χ1n) is 7.10. The van der Waals surface area contributed by atoms with Gasteiger partial charge < -0.3 is 0 Å². The lowest BCUT2D eigenvalue weighted by Gasteiger charge is -2.07. The predicted octanol–water partition coefficient (Wildman–Crippen LogP) is 5.64. The number of hydrogen-bond acceptors (Lipinski definition) is 0. The molecular weight excluding hydrogens is 228 g/mol. The van der Waals surface area contributed by atoms with Crippen molar-refractivity contribution in [3.8, 4) is 11.1 Å². The Morgan fingerprint density at radius 3 is 2.16 bits per heavy atom. The zero-order valence-electron chi connectivity index (χ0n) is 11.7. The van der Waals surface area contributed by atoms with Crippen LogP contribution in [0, 0.1) is 0 Å². The number of benzene rings is 2. The molecule has 0 spiro atoms. The van der Waals surface area contributed by atoms with Crippen LogP contribution in [0.4, 0.5) is 0 Å². The molecule has 0 aromatic heterocycles. The zero-order valence-corrected chi connectivity index (χ0v) is 11.7.